The minimum absolute atomic E-state index is 0. The number of aromatic nitrogens is 2. The van der Waals surface area contributed by atoms with Crippen LogP contribution >= 0.6 is 0 Å². The molecule has 6 nitrogen and oxygen atoms in total. The summed E-state index contributed by atoms with van der Waals surface area (Å²) in [5, 5.41) is 19.3. The van der Waals surface area contributed by atoms with Crippen molar-refractivity contribution in [3.63, 3.8) is 0 Å². The molecule has 2 N–H and O–H groups in total. The summed E-state index contributed by atoms with van der Waals surface area (Å²) in [6.45, 7) is 0. The van der Waals surface area contributed by atoms with Crippen molar-refractivity contribution in [3.05, 3.63) is 84.2 Å². The van der Waals surface area contributed by atoms with Gasteiger partial charge in [-0.3, -0.25) is 0 Å². The molecule has 0 aliphatic carbocycles. The van der Waals surface area contributed by atoms with E-state index in [0.717, 1.165) is 10.8 Å². The van der Waals surface area contributed by atoms with Crippen molar-refractivity contribution in [1.82, 2.24) is 9.97 Å². The zero-order valence-corrected chi connectivity index (χ0v) is 15.4. The third-order valence-corrected chi connectivity index (χ3v) is 3.64. The summed E-state index contributed by atoms with van der Waals surface area (Å²) in [5.74, 6) is -1.99. The van der Waals surface area contributed by atoms with Crippen LogP contribution in [0.3, 0.4) is 0 Å². The molecule has 0 saturated carbocycles. The molecule has 2 aromatic heterocycles. The number of aromatic carboxylic acids is 2. The van der Waals surface area contributed by atoms with Gasteiger partial charge >= 0.3 is 11.9 Å². The van der Waals surface area contributed by atoms with Crippen molar-refractivity contribution < 1.29 is 40.2 Å². The molecule has 2 aromatic carbocycles. The van der Waals surface area contributed by atoms with Crippen LogP contribution in [0.15, 0.2) is 72.8 Å². The van der Waals surface area contributed by atoms with Gasteiger partial charge in [0, 0.05) is 31.2 Å². The number of rotatable bonds is 2. The molecule has 7 heteroatoms. The van der Waals surface area contributed by atoms with Crippen LogP contribution in [0.1, 0.15) is 21.0 Å². The van der Waals surface area contributed by atoms with Gasteiger partial charge in [0.2, 0.25) is 0 Å². The maximum atomic E-state index is 10.6. The Bertz CT molecular complexity index is 1030. The summed E-state index contributed by atoms with van der Waals surface area (Å²) < 4.78 is 0. The number of carboxylic acid groups (broad SMARTS) is 2. The van der Waals surface area contributed by atoms with E-state index in [2.05, 4.69) is 9.97 Å². The minimum Gasteiger partial charge on any atom is -0.477 e. The number of hydrogen-bond donors (Lipinski definition) is 2. The van der Waals surface area contributed by atoms with Crippen LogP contribution in [0, 0.1) is 0 Å². The van der Waals surface area contributed by atoms with Gasteiger partial charge in [-0.1, -0.05) is 48.5 Å². The predicted octanol–water partition coefficient (Wildman–Crippen LogP) is 3.86. The first-order valence-corrected chi connectivity index (χ1v) is 7.73. The summed E-state index contributed by atoms with van der Waals surface area (Å²) in [5.41, 5.74) is 1.59. The Morgan fingerprint density at radius 1 is 0.593 bits per heavy atom. The van der Waals surface area contributed by atoms with Crippen LogP contribution < -0.4 is 0 Å². The van der Waals surface area contributed by atoms with Gasteiger partial charge in [0.25, 0.3) is 0 Å². The standard InChI is InChI=1S/2C10H7NO2.Pd/c2*12-10(13)9-6-5-7-3-1-2-4-8(7)11-9;/h2*1-6H,(H,12,13);. The van der Waals surface area contributed by atoms with Crippen molar-refractivity contribution in [1.29, 1.82) is 0 Å². The van der Waals surface area contributed by atoms with Crippen molar-refractivity contribution in [2.75, 3.05) is 0 Å². The van der Waals surface area contributed by atoms with Gasteiger partial charge in [0.05, 0.1) is 11.0 Å². The van der Waals surface area contributed by atoms with Crippen molar-refractivity contribution >= 4 is 33.7 Å². The molecular weight excluding hydrogens is 439 g/mol. The number of hydrogen-bond acceptors (Lipinski definition) is 4. The van der Waals surface area contributed by atoms with Gasteiger partial charge in [-0.05, 0) is 24.3 Å². The van der Waals surface area contributed by atoms with Crippen molar-refractivity contribution in [3.8, 4) is 0 Å². The summed E-state index contributed by atoms with van der Waals surface area (Å²) in [7, 11) is 0. The molecule has 0 unspecified atom stereocenters. The topological polar surface area (TPSA) is 100 Å². The van der Waals surface area contributed by atoms with Crippen LogP contribution in [-0.2, 0) is 20.4 Å². The average Bonchev–Trinajstić information content (AvgIpc) is 2.67. The summed E-state index contributed by atoms with van der Waals surface area (Å²) >= 11 is 0. The smallest absolute Gasteiger partial charge is 0.354 e. The van der Waals surface area contributed by atoms with E-state index in [-0.39, 0.29) is 31.8 Å². The number of carboxylic acids is 2. The molecular formula is C20H14N2O4Pd. The monoisotopic (exact) mass is 452 g/mol. The molecule has 0 fully saturated rings. The maximum Gasteiger partial charge on any atom is 0.354 e. The number of benzene rings is 2. The zero-order chi connectivity index (χ0) is 18.5. The van der Waals surface area contributed by atoms with E-state index in [1.165, 1.54) is 12.1 Å². The van der Waals surface area contributed by atoms with Crippen LogP contribution in [-0.4, -0.2) is 32.1 Å². The SMILES string of the molecule is O=C(O)c1ccc2ccccc2n1.O=C(O)c1ccc2ccccc2n1.[Pd]. The van der Waals surface area contributed by atoms with Gasteiger partial charge in [-0.25, -0.2) is 19.6 Å². The van der Waals surface area contributed by atoms with Crippen molar-refractivity contribution in [2.24, 2.45) is 0 Å². The van der Waals surface area contributed by atoms with E-state index in [4.69, 9.17) is 10.2 Å². The minimum atomic E-state index is -0.995. The molecule has 27 heavy (non-hydrogen) atoms. The second-order valence-corrected chi connectivity index (χ2v) is 5.39. The first kappa shape index (κ1) is 20.2. The summed E-state index contributed by atoms with van der Waals surface area (Å²) in [6.07, 6.45) is 0. The maximum absolute atomic E-state index is 10.6. The van der Waals surface area contributed by atoms with Gasteiger partial charge in [0.15, 0.2) is 0 Å². The molecule has 0 atom stereocenters. The normalized spacial score (nSPS) is 9.78. The Kier molecular flexibility index (Phi) is 6.72. The molecule has 138 valence electrons. The fourth-order valence-electron chi connectivity index (χ4n) is 2.37. The van der Waals surface area contributed by atoms with Gasteiger partial charge in [-0.2, -0.15) is 0 Å². The fraction of sp³-hybridized carbons (Fsp3) is 0. The van der Waals surface area contributed by atoms with Crippen molar-refractivity contribution in [2.45, 2.75) is 0 Å². The fourth-order valence-corrected chi connectivity index (χ4v) is 2.37. The Balaban J connectivity index is 0.000000187. The Morgan fingerprint density at radius 2 is 0.963 bits per heavy atom. The first-order chi connectivity index (χ1) is 12.5. The quantitative estimate of drug-likeness (QED) is 0.448. The molecule has 0 saturated heterocycles. The molecule has 4 rings (SSSR count). The molecule has 0 aliphatic rings. The largest absolute Gasteiger partial charge is 0.477 e. The second kappa shape index (κ2) is 8.99. The zero-order valence-electron chi connectivity index (χ0n) is 13.8. The molecule has 4 aromatic rings. The summed E-state index contributed by atoms with van der Waals surface area (Å²) in [6, 6.07) is 21.4. The van der Waals surface area contributed by atoms with Crippen LogP contribution in [0.5, 0.6) is 0 Å². The van der Waals surface area contributed by atoms with Crippen LogP contribution in [0.2, 0.25) is 0 Å². The second-order valence-electron chi connectivity index (χ2n) is 5.39. The first-order valence-electron chi connectivity index (χ1n) is 7.73. The van der Waals surface area contributed by atoms with Gasteiger partial charge in [0.1, 0.15) is 11.4 Å². The molecule has 0 amide bonds. The van der Waals surface area contributed by atoms with Crippen LogP contribution in [0.25, 0.3) is 21.8 Å². The number of fused-ring (bicyclic) bond motifs is 2. The Labute approximate surface area is 168 Å². The third-order valence-electron chi connectivity index (χ3n) is 3.64. The van der Waals surface area contributed by atoms with E-state index in [0.29, 0.717) is 11.0 Å². The third kappa shape index (κ3) is 4.94. The van der Waals surface area contributed by atoms with E-state index in [9.17, 15) is 9.59 Å². The van der Waals surface area contributed by atoms with E-state index < -0.39 is 11.9 Å². The van der Waals surface area contributed by atoms with Crippen LogP contribution in [0.4, 0.5) is 0 Å². The molecule has 0 bridgehead atoms. The van der Waals surface area contributed by atoms with E-state index >= 15 is 0 Å². The molecule has 0 spiro atoms. The predicted molar refractivity (Wildman–Crippen MR) is 97.4 cm³/mol. The average molecular weight is 453 g/mol. The number of para-hydroxylation sites is 2. The number of pyridine rings is 2. The molecule has 2 heterocycles. The number of carbonyl (C=O) groups is 2. The summed E-state index contributed by atoms with van der Waals surface area (Å²) in [4.78, 5) is 29.1. The molecule has 0 radical (unpaired) electrons. The van der Waals surface area contributed by atoms with E-state index in [1.807, 2.05) is 36.4 Å². The number of nitrogens with zero attached hydrogens (tertiary/aromatic N) is 2. The Morgan fingerprint density at radius 3 is 1.33 bits per heavy atom. The van der Waals surface area contributed by atoms with Gasteiger partial charge in [-0.15, -0.1) is 0 Å². The Hall–Kier alpha value is -3.14. The molecule has 0 aliphatic heterocycles. The van der Waals surface area contributed by atoms with Gasteiger partial charge < -0.3 is 10.2 Å². The van der Waals surface area contributed by atoms with E-state index in [1.54, 1.807) is 24.3 Å².